The van der Waals surface area contributed by atoms with E-state index < -0.39 is 0 Å². The van der Waals surface area contributed by atoms with Gasteiger partial charge in [0.15, 0.2) is 0 Å². The molecule has 1 N–H and O–H groups in total. The molecule has 1 unspecified atom stereocenters. The van der Waals surface area contributed by atoms with Crippen LogP contribution < -0.4 is 5.32 Å². The molecule has 0 aromatic carbocycles. The second kappa shape index (κ2) is 8.89. The lowest BCUT2D eigenvalue weighted by Gasteiger charge is -2.30. The van der Waals surface area contributed by atoms with Gasteiger partial charge in [-0.3, -0.25) is 4.79 Å². The van der Waals surface area contributed by atoms with Crippen LogP contribution in [0.2, 0.25) is 0 Å². The van der Waals surface area contributed by atoms with Gasteiger partial charge >= 0.3 is 0 Å². The summed E-state index contributed by atoms with van der Waals surface area (Å²) in [4.78, 5) is 14.6. The van der Waals surface area contributed by atoms with Crippen LogP contribution in [0.1, 0.15) is 52.4 Å². The van der Waals surface area contributed by atoms with Crippen molar-refractivity contribution >= 4 is 18.3 Å². The smallest absolute Gasteiger partial charge is 0.222 e. The van der Waals surface area contributed by atoms with Gasteiger partial charge in [0.05, 0.1) is 0 Å². The fraction of sp³-hybridized carbons (Fsp3) is 0.938. The largest absolute Gasteiger partial charge is 0.342 e. The highest BCUT2D eigenvalue weighted by Crippen LogP contribution is 2.31. The first kappa shape index (κ1) is 17.8. The van der Waals surface area contributed by atoms with Crippen LogP contribution in [0.5, 0.6) is 0 Å². The van der Waals surface area contributed by atoms with E-state index in [-0.39, 0.29) is 12.4 Å². The van der Waals surface area contributed by atoms with E-state index in [9.17, 15) is 4.79 Å². The monoisotopic (exact) mass is 302 g/mol. The minimum atomic E-state index is 0. The molecule has 2 rings (SSSR count). The van der Waals surface area contributed by atoms with Crippen molar-refractivity contribution in [1.29, 1.82) is 0 Å². The molecule has 2 fully saturated rings. The lowest BCUT2D eigenvalue weighted by molar-refractivity contribution is -0.132. The summed E-state index contributed by atoms with van der Waals surface area (Å²) in [6, 6.07) is 0. The van der Waals surface area contributed by atoms with Crippen LogP contribution >= 0.6 is 12.4 Å². The molecule has 1 heterocycles. The average molecular weight is 303 g/mol. The Bertz CT molecular complexity index is 288. The van der Waals surface area contributed by atoms with Crippen LogP contribution in [-0.4, -0.2) is 37.0 Å². The van der Waals surface area contributed by atoms with E-state index in [1.807, 2.05) is 0 Å². The third-order valence-corrected chi connectivity index (χ3v) is 4.71. The van der Waals surface area contributed by atoms with Gasteiger partial charge in [0, 0.05) is 19.5 Å². The van der Waals surface area contributed by atoms with Gasteiger partial charge in [-0.05, 0) is 62.9 Å². The Balaban J connectivity index is 0.00000200. The van der Waals surface area contributed by atoms with E-state index >= 15 is 0 Å². The zero-order valence-corrected chi connectivity index (χ0v) is 13.9. The first-order valence-electron chi connectivity index (χ1n) is 8.19. The molecule has 1 aliphatic carbocycles. The van der Waals surface area contributed by atoms with Gasteiger partial charge < -0.3 is 10.2 Å². The molecule has 0 radical (unpaired) electrons. The predicted molar refractivity (Wildman–Crippen MR) is 86.2 cm³/mol. The van der Waals surface area contributed by atoms with Gasteiger partial charge in [-0.25, -0.2) is 0 Å². The van der Waals surface area contributed by atoms with E-state index in [2.05, 4.69) is 24.1 Å². The molecule has 4 heteroatoms. The molecule has 1 atom stereocenters. The van der Waals surface area contributed by atoms with Crippen molar-refractivity contribution in [2.75, 3.05) is 26.2 Å². The Labute approximate surface area is 130 Å². The standard InChI is InChI=1S/C16H30N2O.ClH/c1-3-10-18(12-14-4-5-14)16(19)11-13(2)15-6-8-17-9-7-15;/h13-15,17H,3-12H2,1-2H3;1H. The zero-order valence-electron chi connectivity index (χ0n) is 13.1. The van der Waals surface area contributed by atoms with Crippen LogP contribution in [0, 0.1) is 17.8 Å². The van der Waals surface area contributed by atoms with Gasteiger partial charge in [-0.1, -0.05) is 13.8 Å². The molecule has 1 saturated heterocycles. The summed E-state index contributed by atoms with van der Waals surface area (Å²) in [5, 5.41) is 3.40. The number of nitrogens with zero attached hydrogens (tertiary/aromatic N) is 1. The van der Waals surface area contributed by atoms with Crippen molar-refractivity contribution in [3.63, 3.8) is 0 Å². The van der Waals surface area contributed by atoms with E-state index in [1.54, 1.807) is 0 Å². The summed E-state index contributed by atoms with van der Waals surface area (Å²) in [6.07, 6.45) is 6.99. The van der Waals surface area contributed by atoms with E-state index in [1.165, 1.54) is 25.7 Å². The molecule has 1 saturated carbocycles. The molecular formula is C16H31ClN2O. The highest BCUT2D eigenvalue weighted by Gasteiger charge is 2.28. The van der Waals surface area contributed by atoms with E-state index in [4.69, 9.17) is 0 Å². The molecule has 20 heavy (non-hydrogen) atoms. The summed E-state index contributed by atoms with van der Waals surface area (Å²) >= 11 is 0. The Morgan fingerprint density at radius 1 is 1.25 bits per heavy atom. The number of amides is 1. The number of nitrogens with one attached hydrogen (secondary N) is 1. The van der Waals surface area contributed by atoms with Gasteiger partial charge in [-0.15, -0.1) is 12.4 Å². The molecule has 1 amide bonds. The lowest BCUT2D eigenvalue weighted by Crippen LogP contribution is -2.37. The molecule has 3 nitrogen and oxygen atoms in total. The van der Waals surface area contributed by atoms with Crippen LogP contribution in [0.4, 0.5) is 0 Å². The maximum atomic E-state index is 12.5. The maximum Gasteiger partial charge on any atom is 0.222 e. The normalized spacial score (nSPS) is 21.1. The lowest BCUT2D eigenvalue weighted by atomic mass is 9.84. The van der Waals surface area contributed by atoms with Crippen molar-refractivity contribution in [2.45, 2.75) is 52.4 Å². The third kappa shape index (κ3) is 5.61. The van der Waals surface area contributed by atoms with Gasteiger partial charge in [0.2, 0.25) is 5.91 Å². The van der Waals surface area contributed by atoms with Crippen molar-refractivity contribution in [1.82, 2.24) is 10.2 Å². The molecular weight excluding hydrogens is 272 g/mol. The summed E-state index contributed by atoms with van der Waals surface area (Å²) in [6.45, 7) is 8.67. The third-order valence-electron chi connectivity index (χ3n) is 4.71. The number of halogens is 1. The fourth-order valence-electron chi connectivity index (χ4n) is 3.18. The molecule has 1 aliphatic heterocycles. The Morgan fingerprint density at radius 3 is 2.45 bits per heavy atom. The van der Waals surface area contributed by atoms with Crippen LogP contribution in [0.3, 0.4) is 0 Å². The van der Waals surface area contributed by atoms with Crippen molar-refractivity contribution in [3.05, 3.63) is 0 Å². The number of piperidine rings is 1. The molecule has 2 aliphatic rings. The first-order valence-corrected chi connectivity index (χ1v) is 8.19. The maximum absolute atomic E-state index is 12.5. The Hall–Kier alpha value is -0.280. The summed E-state index contributed by atoms with van der Waals surface area (Å²) in [7, 11) is 0. The second-order valence-electron chi connectivity index (χ2n) is 6.55. The number of hydrogen-bond donors (Lipinski definition) is 1. The molecule has 0 aromatic heterocycles. The number of hydrogen-bond acceptors (Lipinski definition) is 2. The average Bonchev–Trinajstić information content (AvgIpc) is 3.23. The SMILES string of the molecule is CCCN(CC1CC1)C(=O)CC(C)C1CCNCC1.Cl. The molecule has 0 aromatic rings. The van der Waals surface area contributed by atoms with Crippen LogP contribution in [0.25, 0.3) is 0 Å². The molecule has 118 valence electrons. The predicted octanol–water partition coefficient (Wildman–Crippen LogP) is 3.08. The first-order chi connectivity index (χ1) is 9.20. The molecule has 0 bridgehead atoms. The quantitative estimate of drug-likeness (QED) is 0.784. The van der Waals surface area contributed by atoms with E-state index in [0.717, 1.165) is 50.9 Å². The minimum absolute atomic E-state index is 0. The Kier molecular flexibility index (Phi) is 7.90. The van der Waals surface area contributed by atoms with Crippen molar-refractivity contribution < 1.29 is 4.79 Å². The van der Waals surface area contributed by atoms with Gasteiger partial charge in [0.25, 0.3) is 0 Å². The van der Waals surface area contributed by atoms with Gasteiger partial charge in [-0.2, -0.15) is 0 Å². The number of rotatable bonds is 7. The van der Waals surface area contributed by atoms with Crippen LogP contribution in [-0.2, 0) is 4.79 Å². The molecule has 0 spiro atoms. The van der Waals surface area contributed by atoms with Crippen LogP contribution in [0.15, 0.2) is 0 Å². The number of carbonyl (C=O) groups excluding carboxylic acids is 1. The van der Waals surface area contributed by atoms with Crippen molar-refractivity contribution in [2.24, 2.45) is 17.8 Å². The van der Waals surface area contributed by atoms with Gasteiger partial charge in [0.1, 0.15) is 0 Å². The Morgan fingerprint density at radius 2 is 1.90 bits per heavy atom. The van der Waals surface area contributed by atoms with E-state index in [0.29, 0.717) is 11.8 Å². The highest BCUT2D eigenvalue weighted by atomic mass is 35.5. The second-order valence-corrected chi connectivity index (χ2v) is 6.55. The summed E-state index contributed by atoms with van der Waals surface area (Å²) < 4.78 is 0. The number of carbonyl (C=O) groups is 1. The summed E-state index contributed by atoms with van der Waals surface area (Å²) in [5.41, 5.74) is 0. The highest BCUT2D eigenvalue weighted by molar-refractivity contribution is 5.85. The zero-order chi connectivity index (χ0) is 13.7. The minimum Gasteiger partial charge on any atom is -0.342 e. The summed E-state index contributed by atoms with van der Waals surface area (Å²) in [5.74, 6) is 2.51. The fourth-order valence-corrected chi connectivity index (χ4v) is 3.18. The van der Waals surface area contributed by atoms with Crippen molar-refractivity contribution in [3.8, 4) is 0 Å². The topological polar surface area (TPSA) is 32.3 Å².